The summed E-state index contributed by atoms with van der Waals surface area (Å²) in [5.41, 5.74) is 5.00. The van der Waals surface area contributed by atoms with Crippen molar-refractivity contribution in [2.45, 2.75) is 24.9 Å². The molecule has 0 radical (unpaired) electrons. The van der Waals surface area contributed by atoms with Gasteiger partial charge in [0.05, 0.1) is 12.1 Å². The molecule has 0 fully saturated rings. The molecule has 32 heavy (non-hydrogen) atoms. The zero-order chi connectivity index (χ0) is 22.0. The van der Waals surface area contributed by atoms with Gasteiger partial charge in [0.1, 0.15) is 0 Å². The van der Waals surface area contributed by atoms with Crippen LogP contribution in [0, 0.1) is 0 Å². The van der Waals surface area contributed by atoms with Crippen LogP contribution >= 0.6 is 12.2 Å². The van der Waals surface area contributed by atoms with Gasteiger partial charge in [-0.3, -0.25) is 0 Å². The van der Waals surface area contributed by atoms with Gasteiger partial charge in [0.25, 0.3) is 0 Å². The predicted octanol–water partition coefficient (Wildman–Crippen LogP) is 6.42. The Morgan fingerprint density at radius 3 is 1.16 bits per heavy atom. The van der Waals surface area contributed by atoms with Crippen molar-refractivity contribution in [1.29, 1.82) is 0 Å². The second kappa shape index (κ2) is 11.3. The maximum absolute atomic E-state index is 5.82. The third-order valence-corrected chi connectivity index (χ3v) is 5.82. The predicted molar refractivity (Wildman–Crippen MR) is 138 cm³/mol. The van der Waals surface area contributed by atoms with Crippen LogP contribution in [-0.2, 0) is 12.8 Å². The van der Waals surface area contributed by atoms with Gasteiger partial charge in [0, 0.05) is 0 Å². The van der Waals surface area contributed by atoms with Crippen LogP contribution in [-0.4, -0.2) is 5.11 Å². The lowest BCUT2D eigenvalue weighted by atomic mass is 9.98. The molecule has 0 saturated carbocycles. The van der Waals surface area contributed by atoms with E-state index < -0.39 is 0 Å². The minimum Gasteiger partial charge on any atom is -0.356 e. The normalized spacial score (nSPS) is 12.5. The van der Waals surface area contributed by atoms with E-state index in [0.29, 0.717) is 5.11 Å². The number of benzene rings is 4. The summed E-state index contributed by atoms with van der Waals surface area (Å²) in [6.07, 6.45) is 1.72. The molecule has 4 rings (SSSR count). The second-order valence-corrected chi connectivity index (χ2v) is 8.33. The van der Waals surface area contributed by atoms with Crippen molar-refractivity contribution in [2.24, 2.45) is 0 Å². The largest absolute Gasteiger partial charge is 0.356 e. The van der Waals surface area contributed by atoms with Gasteiger partial charge in [-0.25, -0.2) is 0 Å². The van der Waals surface area contributed by atoms with E-state index in [1.807, 2.05) is 12.1 Å². The van der Waals surface area contributed by atoms with Gasteiger partial charge >= 0.3 is 0 Å². The first kappa shape index (κ1) is 21.8. The Labute approximate surface area is 196 Å². The van der Waals surface area contributed by atoms with Crippen LogP contribution in [0.4, 0.5) is 0 Å². The molecule has 0 aromatic heterocycles. The molecule has 160 valence electrons. The van der Waals surface area contributed by atoms with Crippen LogP contribution in [0.25, 0.3) is 0 Å². The highest BCUT2D eigenvalue weighted by molar-refractivity contribution is 7.80. The van der Waals surface area contributed by atoms with Crippen molar-refractivity contribution < 1.29 is 0 Å². The SMILES string of the molecule is S=C(NC(Cc1ccccc1)c1ccccc1)NC(Cc1ccccc1)c1ccccc1. The van der Waals surface area contributed by atoms with Gasteiger partial charge in [0.15, 0.2) is 5.11 Å². The standard InChI is InChI=1S/C29H28N2S/c32-29(30-27(25-17-9-3-10-18-25)21-23-13-5-1-6-14-23)31-28(26-19-11-4-12-20-26)22-24-15-7-2-8-16-24/h1-20,27-28H,21-22H2,(H2,30,31,32). The molecule has 0 spiro atoms. The van der Waals surface area contributed by atoms with Crippen LogP contribution in [0.1, 0.15) is 34.3 Å². The van der Waals surface area contributed by atoms with Gasteiger partial charge in [-0.1, -0.05) is 121 Å². The fourth-order valence-corrected chi connectivity index (χ4v) is 4.22. The lowest BCUT2D eigenvalue weighted by Crippen LogP contribution is -2.41. The van der Waals surface area contributed by atoms with E-state index in [-0.39, 0.29) is 12.1 Å². The van der Waals surface area contributed by atoms with Gasteiger partial charge in [-0.15, -0.1) is 0 Å². The lowest BCUT2D eigenvalue weighted by molar-refractivity contribution is 0.593. The molecule has 0 aliphatic rings. The molecular weight excluding hydrogens is 408 g/mol. The van der Waals surface area contributed by atoms with Crippen molar-refractivity contribution >= 4 is 17.3 Å². The van der Waals surface area contributed by atoms with Gasteiger partial charge in [-0.05, 0) is 47.3 Å². The maximum atomic E-state index is 5.82. The van der Waals surface area contributed by atoms with Crippen molar-refractivity contribution in [1.82, 2.24) is 10.6 Å². The smallest absolute Gasteiger partial charge is 0.167 e. The number of thiocarbonyl (C=S) groups is 1. The Bertz CT molecular complexity index is 994. The first-order chi connectivity index (χ1) is 15.8. The first-order valence-electron chi connectivity index (χ1n) is 11.0. The topological polar surface area (TPSA) is 24.1 Å². The van der Waals surface area contributed by atoms with E-state index in [0.717, 1.165) is 12.8 Å². The fraction of sp³-hybridized carbons (Fsp3) is 0.138. The van der Waals surface area contributed by atoms with Gasteiger partial charge < -0.3 is 10.6 Å². The molecule has 0 heterocycles. The maximum Gasteiger partial charge on any atom is 0.167 e. The highest BCUT2D eigenvalue weighted by Gasteiger charge is 2.17. The van der Waals surface area contributed by atoms with Gasteiger partial charge in [-0.2, -0.15) is 0 Å². The number of rotatable bonds is 8. The monoisotopic (exact) mass is 436 g/mol. The Hall–Kier alpha value is -3.43. The van der Waals surface area contributed by atoms with E-state index in [1.54, 1.807) is 0 Å². The van der Waals surface area contributed by atoms with Crippen molar-refractivity contribution in [3.05, 3.63) is 144 Å². The van der Waals surface area contributed by atoms with E-state index in [4.69, 9.17) is 12.2 Å². The Kier molecular flexibility index (Phi) is 7.67. The minimum absolute atomic E-state index is 0.0896. The summed E-state index contributed by atoms with van der Waals surface area (Å²) in [6.45, 7) is 0. The summed E-state index contributed by atoms with van der Waals surface area (Å²) in [6, 6.07) is 42.3. The minimum atomic E-state index is 0.0896. The molecule has 4 aromatic rings. The van der Waals surface area contributed by atoms with E-state index in [2.05, 4.69) is 120 Å². The molecule has 0 bridgehead atoms. The molecule has 4 aromatic carbocycles. The van der Waals surface area contributed by atoms with Crippen LogP contribution in [0.2, 0.25) is 0 Å². The highest BCUT2D eigenvalue weighted by atomic mass is 32.1. The first-order valence-corrected chi connectivity index (χ1v) is 11.4. The Balaban J connectivity index is 1.51. The molecule has 3 heteroatoms. The molecule has 2 nitrogen and oxygen atoms in total. The summed E-state index contributed by atoms with van der Waals surface area (Å²) in [7, 11) is 0. The van der Waals surface area contributed by atoms with E-state index in [1.165, 1.54) is 22.3 Å². The number of nitrogens with one attached hydrogen (secondary N) is 2. The highest BCUT2D eigenvalue weighted by Crippen LogP contribution is 2.21. The van der Waals surface area contributed by atoms with E-state index in [9.17, 15) is 0 Å². The molecule has 2 N–H and O–H groups in total. The molecule has 0 amide bonds. The zero-order valence-corrected chi connectivity index (χ0v) is 18.8. The second-order valence-electron chi connectivity index (χ2n) is 7.92. The third-order valence-electron chi connectivity index (χ3n) is 5.58. The third kappa shape index (κ3) is 6.29. The van der Waals surface area contributed by atoms with Gasteiger partial charge in [0.2, 0.25) is 0 Å². The summed E-state index contributed by atoms with van der Waals surface area (Å²) in [5, 5.41) is 7.84. The average Bonchev–Trinajstić information content (AvgIpc) is 2.86. The fourth-order valence-electron chi connectivity index (χ4n) is 3.93. The summed E-state index contributed by atoms with van der Waals surface area (Å²) in [4.78, 5) is 0. The molecule has 0 saturated heterocycles. The molecule has 0 aliphatic carbocycles. The quantitative estimate of drug-likeness (QED) is 0.312. The average molecular weight is 437 g/mol. The van der Waals surface area contributed by atoms with Crippen LogP contribution < -0.4 is 10.6 Å². The molecule has 0 aliphatic heterocycles. The Morgan fingerprint density at radius 1 is 0.500 bits per heavy atom. The van der Waals surface area contributed by atoms with Crippen molar-refractivity contribution in [3.8, 4) is 0 Å². The van der Waals surface area contributed by atoms with E-state index >= 15 is 0 Å². The Morgan fingerprint density at radius 2 is 0.812 bits per heavy atom. The van der Waals surface area contributed by atoms with Crippen molar-refractivity contribution in [3.63, 3.8) is 0 Å². The summed E-state index contributed by atoms with van der Waals surface area (Å²) >= 11 is 5.82. The number of hydrogen-bond acceptors (Lipinski definition) is 1. The molecule has 2 atom stereocenters. The molecular formula is C29H28N2S. The zero-order valence-electron chi connectivity index (χ0n) is 18.0. The number of hydrogen-bond donors (Lipinski definition) is 2. The molecule has 2 unspecified atom stereocenters. The summed E-state index contributed by atoms with van der Waals surface area (Å²) < 4.78 is 0. The summed E-state index contributed by atoms with van der Waals surface area (Å²) in [5.74, 6) is 0. The van der Waals surface area contributed by atoms with Crippen LogP contribution in [0.3, 0.4) is 0 Å². The van der Waals surface area contributed by atoms with Crippen molar-refractivity contribution in [2.75, 3.05) is 0 Å². The van der Waals surface area contributed by atoms with Crippen LogP contribution in [0.15, 0.2) is 121 Å². The lowest BCUT2D eigenvalue weighted by Gasteiger charge is -2.26. The van der Waals surface area contributed by atoms with Crippen LogP contribution in [0.5, 0.6) is 0 Å².